The summed E-state index contributed by atoms with van der Waals surface area (Å²) in [5, 5.41) is 3.23. The maximum Gasteiger partial charge on any atom is 0.241 e. The van der Waals surface area contributed by atoms with E-state index >= 15 is 0 Å². The Bertz CT molecular complexity index is 511. The van der Waals surface area contributed by atoms with Crippen LogP contribution in [0.4, 0.5) is 5.69 Å². The summed E-state index contributed by atoms with van der Waals surface area (Å²) in [6.07, 6.45) is 0. The number of ether oxygens (including phenoxy) is 1. The first-order valence-corrected chi connectivity index (χ1v) is 8.82. The van der Waals surface area contributed by atoms with Crippen molar-refractivity contribution in [2.24, 2.45) is 0 Å². The summed E-state index contributed by atoms with van der Waals surface area (Å²) >= 11 is 0. The predicted molar refractivity (Wildman–Crippen MR) is 95.3 cm³/mol. The number of carbonyl (C=O) groups is 1. The normalized spacial score (nSPS) is 22.4. The van der Waals surface area contributed by atoms with Crippen LogP contribution in [0.2, 0.25) is 0 Å². The lowest BCUT2D eigenvalue weighted by atomic mass is 10.2. The van der Waals surface area contributed by atoms with Crippen LogP contribution in [-0.4, -0.2) is 87.8 Å². The van der Waals surface area contributed by atoms with Gasteiger partial charge < -0.3 is 19.9 Å². The zero-order valence-corrected chi connectivity index (χ0v) is 14.5. The lowest BCUT2D eigenvalue weighted by molar-refractivity contribution is -0.135. The molecule has 2 heterocycles. The smallest absolute Gasteiger partial charge is 0.241 e. The van der Waals surface area contributed by atoms with Gasteiger partial charge >= 0.3 is 0 Å². The molecule has 1 aromatic rings. The monoisotopic (exact) mass is 332 g/mol. The molecule has 2 saturated heterocycles. The molecule has 132 valence electrons. The van der Waals surface area contributed by atoms with Crippen molar-refractivity contribution in [3.8, 4) is 0 Å². The molecule has 2 fully saturated rings. The number of carbonyl (C=O) groups excluding carboxylic acids is 1. The van der Waals surface area contributed by atoms with E-state index in [4.69, 9.17) is 4.74 Å². The van der Waals surface area contributed by atoms with E-state index in [0.717, 1.165) is 45.8 Å². The van der Waals surface area contributed by atoms with Gasteiger partial charge in [0.1, 0.15) is 6.04 Å². The van der Waals surface area contributed by atoms with Crippen molar-refractivity contribution in [3.63, 3.8) is 0 Å². The Morgan fingerprint density at radius 3 is 2.67 bits per heavy atom. The van der Waals surface area contributed by atoms with Crippen LogP contribution in [0.25, 0.3) is 0 Å². The molecular weight excluding hydrogens is 304 g/mol. The van der Waals surface area contributed by atoms with Gasteiger partial charge in [0.15, 0.2) is 0 Å². The summed E-state index contributed by atoms with van der Waals surface area (Å²) in [6.45, 7) is 7.80. The Hall–Kier alpha value is -1.63. The van der Waals surface area contributed by atoms with Gasteiger partial charge in [-0.15, -0.1) is 0 Å². The SMILES string of the molecule is CN(CCN1CCN(c2ccccc2)CC1)C(=O)C1COCCN1. The highest BCUT2D eigenvalue weighted by molar-refractivity contribution is 5.81. The van der Waals surface area contributed by atoms with Crippen molar-refractivity contribution in [2.45, 2.75) is 6.04 Å². The molecule has 1 unspecified atom stereocenters. The van der Waals surface area contributed by atoms with E-state index in [1.54, 1.807) is 0 Å². The molecule has 1 atom stereocenters. The second kappa shape index (κ2) is 8.46. The largest absolute Gasteiger partial charge is 0.378 e. The average Bonchev–Trinajstić information content (AvgIpc) is 2.67. The third kappa shape index (κ3) is 4.47. The standard InChI is InChI=1S/C18H28N4O2/c1-20(18(23)17-15-24-14-7-19-17)8-9-21-10-12-22(13-11-21)16-5-3-2-4-6-16/h2-6,17,19H,7-15H2,1H3. The topological polar surface area (TPSA) is 48.0 Å². The Kier molecular flexibility index (Phi) is 6.07. The van der Waals surface area contributed by atoms with Crippen LogP contribution in [0, 0.1) is 0 Å². The van der Waals surface area contributed by atoms with Gasteiger partial charge in [-0.3, -0.25) is 9.69 Å². The van der Waals surface area contributed by atoms with Crippen LogP contribution in [0.3, 0.4) is 0 Å². The minimum Gasteiger partial charge on any atom is -0.378 e. The molecule has 2 aliphatic heterocycles. The average molecular weight is 332 g/mol. The lowest BCUT2D eigenvalue weighted by Crippen LogP contribution is -2.53. The Balaban J connectivity index is 1.39. The van der Waals surface area contributed by atoms with Gasteiger partial charge in [0.2, 0.25) is 5.91 Å². The molecule has 1 aromatic carbocycles. The van der Waals surface area contributed by atoms with E-state index in [9.17, 15) is 4.79 Å². The molecular formula is C18H28N4O2. The summed E-state index contributed by atoms with van der Waals surface area (Å²) in [4.78, 5) is 19.1. The number of piperazine rings is 1. The van der Waals surface area contributed by atoms with Gasteiger partial charge in [0.05, 0.1) is 13.2 Å². The Morgan fingerprint density at radius 2 is 2.00 bits per heavy atom. The van der Waals surface area contributed by atoms with Crippen LogP contribution in [0.1, 0.15) is 0 Å². The molecule has 0 bridgehead atoms. The molecule has 2 aliphatic rings. The first kappa shape index (κ1) is 17.2. The summed E-state index contributed by atoms with van der Waals surface area (Å²) in [6, 6.07) is 10.4. The van der Waals surface area contributed by atoms with Crippen molar-refractivity contribution in [2.75, 3.05) is 71.0 Å². The van der Waals surface area contributed by atoms with Crippen LogP contribution in [-0.2, 0) is 9.53 Å². The fourth-order valence-electron chi connectivity index (χ4n) is 3.26. The number of para-hydroxylation sites is 1. The number of benzene rings is 1. The zero-order valence-electron chi connectivity index (χ0n) is 14.5. The first-order valence-electron chi connectivity index (χ1n) is 8.82. The molecule has 1 N–H and O–H groups in total. The maximum atomic E-state index is 12.4. The van der Waals surface area contributed by atoms with E-state index in [0.29, 0.717) is 13.2 Å². The number of morpholine rings is 1. The highest BCUT2D eigenvalue weighted by Gasteiger charge is 2.25. The van der Waals surface area contributed by atoms with Crippen molar-refractivity contribution < 1.29 is 9.53 Å². The lowest BCUT2D eigenvalue weighted by Gasteiger charge is -2.37. The second-order valence-electron chi connectivity index (χ2n) is 6.51. The molecule has 3 rings (SSSR count). The minimum atomic E-state index is -0.182. The van der Waals surface area contributed by atoms with Crippen LogP contribution in [0.5, 0.6) is 0 Å². The van der Waals surface area contributed by atoms with Gasteiger partial charge in [0, 0.05) is 58.5 Å². The van der Waals surface area contributed by atoms with Crippen molar-refractivity contribution in [1.29, 1.82) is 0 Å². The van der Waals surface area contributed by atoms with Crippen LogP contribution < -0.4 is 10.2 Å². The minimum absolute atomic E-state index is 0.137. The van der Waals surface area contributed by atoms with Crippen molar-refractivity contribution in [1.82, 2.24) is 15.1 Å². The van der Waals surface area contributed by atoms with Crippen molar-refractivity contribution in [3.05, 3.63) is 30.3 Å². The third-order valence-electron chi connectivity index (χ3n) is 4.84. The number of hydrogen-bond acceptors (Lipinski definition) is 5. The molecule has 24 heavy (non-hydrogen) atoms. The van der Waals surface area contributed by atoms with E-state index in [1.165, 1.54) is 5.69 Å². The molecule has 0 spiro atoms. The molecule has 6 nitrogen and oxygen atoms in total. The maximum absolute atomic E-state index is 12.4. The van der Waals surface area contributed by atoms with E-state index in [-0.39, 0.29) is 11.9 Å². The summed E-state index contributed by atoms with van der Waals surface area (Å²) in [5.74, 6) is 0.137. The van der Waals surface area contributed by atoms with Crippen LogP contribution >= 0.6 is 0 Å². The summed E-state index contributed by atoms with van der Waals surface area (Å²) in [7, 11) is 1.89. The molecule has 0 radical (unpaired) electrons. The van der Waals surface area contributed by atoms with Crippen molar-refractivity contribution >= 4 is 11.6 Å². The Labute approximate surface area is 144 Å². The van der Waals surface area contributed by atoms with Gasteiger partial charge in [-0.2, -0.15) is 0 Å². The number of nitrogens with one attached hydrogen (secondary N) is 1. The molecule has 0 saturated carbocycles. The van der Waals surface area contributed by atoms with Gasteiger partial charge in [-0.05, 0) is 12.1 Å². The summed E-state index contributed by atoms with van der Waals surface area (Å²) < 4.78 is 5.38. The molecule has 0 aromatic heterocycles. The second-order valence-corrected chi connectivity index (χ2v) is 6.51. The van der Waals surface area contributed by atoms with Gasteiger partial charge in [-0.25, -0.2) is 0 Å². The number of nitrogens with zero attached hydrogens (tertiary/aromatic N) is 3. The number of rotatable bonds is 5. The van der Waals surface area contributed by atoms with Gasteiger partial charge in [-0.1, -0.05) is 18.2 Å². The van der Waals surface area contributed by atoms with E-state index in [2.05, 4.69) is 45.4 Å². The first-order chi connectivity index (χ1) is 11.7. The highest BCUT2D eigenvalue weighted by atomic mass is 16.5. The number of likely N-dealkylation sites (N-methyl/N-ethyl adjacent to an activating group) is 1. The van der Waals surface area contributed by atoms with E-state index in [1.807, 2.05) is 11.9 Å². The molecule has 6 heteroatoms. The quantitative estimate of drug-likeness (QED) is 0.838. The van der Waals surface area contributed by atoms with E-state index < -0.39 is 0 Å². The zero-order chi connectivity index (χ0) is 16.8. The number of anilines is 1. The predicted octanol–water partition coefficient (Wildman–Crippen LogP) is 0.255. The summed E-state index contributed by atoms with van der Waals surface area (Å²) in [5.41, 5.74) is 1.30. The Morgan fingerprint density at radius 1 is 1.25 bits per heavy atom. The molecule has 1 amide bonds. The third-order valence-corrected chi connectivity index (χ3v) is 4.84. The highest BCUT2D eigenvalue weighted by Crippen LogP contribution is 2.15. The van der Waals surface area contributed by atoms with Crippen LogP contribution in [0.15, 0.2) is 30.3 Å². The van der Waals surface area contributed by atoms with Gasteiger partial charge in [0.25, 0.3) is 0 Å². The fourth-order valence-corrected chi connectivity index (χ4v) is 3.26. The number of hydrogen-bond donors (Lipinski definition) is 1. The number of amides is 1. The molecule has 0 aliphatic carbocycles. The fraction of sp³-hybridized carbons (Fsp3) is 0.611.